The van der Waals surface area contributed by atoms with Gasteiger partial charge in [-0.05, 0) is 54.3 Å². The number of nitrogens with one attached hydrogen (secondary N) is 2. The topological polar surface area (TPSA) is 101 Å². The van der Waals surface area contributed by atoms with Crippen molar-refractivity contribution in [3.8, 4) is 0 Å². The quantitative estimate of drug-likeness (QED) is 0.564. The SMILES string of the molecule is O=C(Nc1ccc(F)cc1)N1C[C@H]2C[C@H](C1)c1ccc(NS(=O)(=O)Cc3ccccc3)c(=O)n1C2. The van der Waals surface area contributed by atoms with Crippen LogP contribution in [0.4, 0.5) is 20.6 Å². The number of anilines is 2. The molecule has 1 aromatic heterocycles. The summed E-state index contributed by atoms with van der Waals surface area (Å²) in [5, 5.41) is 2.79. The van der Waals surface area contributed by atoms with Gasteiger partial charge in [-0.1, -0.05) is 30.3 Å². The van der Waals surface area contributed by atoms with Crippen LogP contribution in [-0.2, 0) is 22.3 Å². The summed E-state index contributed by atoms with van der Waals surface area (Å²) in [7, 11) is -3.76. The van der Waals surface area contributed by atoms with Crippen LogP contribution in [0.25, 0.3) is 0 Å². The van der Waals surface area contributed by atoms with Gasteiger partial charge in [-0.3, -0.25) is 9.52 Å². The second-order valence-corrected chi connectivity index (χ2v) is 10.8. The number of hydrogen-bond donors (Lipinski definition) is 2. The Labute approximate surface area is 202 Å². The number of carbonyl (C=O) groups excluding carboxylic acids is 1. The van der Waals surface area contributed by atoms with Crippen LogP contribution in [0.1, 0.15) is 23.6 Å². The predicted octanol–water partition coefficient (Wildman–Crippen LogP) is 3.58. The minimum Gasteiger partial charge on any atom is -0.324 e. The second-order valence-electron chi connectivity index (χ2n) is 9.08. The van der Waals surface area contributed by atoms with Gasteiger partial charge in [-0.2, -0.15) is 0 Å². The number of rotatable bonds is 5. The zero-order valence-electron chi connectivity index (χ0n) is 18.9. The van der Waals surface area contributed by atoms with Crippen LogP contribution >= 0.6 is 0 Å². The number of aromatic nitrogens is 1. The van der Waals surface area contributed by atoms with Crippen molar-refractivity contribution in [3.63, 3.8) is 0 Å². The van der Waals surface area contributed by atoms with Crippen LogP contribution in [0.5, 0.6) is 0 Å². The Kier molecular flexibility index (Phi) is 6.06. The molecule has 2 bridgehead atoms. The molecule has 0 aliphatic carbocycles. The molecule has 3 aromatic rings. The van der Waals surface area contributed by atoms with Crippen LogP contribution in [0.3, 0.4) is 0 Å². The van der Waals surface area contributed by atoms with Gasteiger partial charge in [-0.25, -0.2) is 17.6 Å². The standard InChI is InChI=1S/C25H25FN4O4S/c26-20-6-8-21(9-7-20)27-25(32)29-13-18-12-19(15-29)23-11-10-22(24(31)30(23)14-18)28-35(33,34)16-17-4-2-1-3-5-17/h1-11,18-19,28H,12-16H2,(H,27,32)/t18-,19-/m1/s1. The van der Waals surface area contributed by atoms with Crippen LogP contribution < -0.4 is 15.6 Å². The van der Waals surface area contributed by atoms with Crippen molar-refractivity contribution in [1.29, 1.82) is 0 Å². The van der Waals surface area contributed by atoms with Gasteiger partial charge in [0.2, 0.25) is 10.0 Å². The molecule has 0 radical (unpaired) electrons. The number of urea groups is 1. The van der Waals surface area contributed by atoms with E-state index in [1.165, 1.54) is 30.3 Å². The highest BCUT2D eigenvalue weighted by Crippen LogP contribution is 2.35. The lowest BCUT2D eigenvalue weighted by atomic mass is 9.83. The number of piperidine rings is 1. The first-order valence-corrected chi connectivity index (χ1v) is 13.0. The van der Waals surface area contributed by atoms with Gasteiger partial charge in [-0.15, -0.1) is 0 Å². The summed E-state index contributed by atoms with van der Waals surface area (Å²) in [6.07, 6.45) is 0.846. The largest absolute Gasteiger partial charge is 0.324 e. The smallest absolute Gasteiger partial charge is 0.321 e. The van der Waals surface area contributed by atoms with E-state index in [4.69, 9.17) is 0 Å². The van der Waals surface area contributed by atoms with Crippen molar-refractivity contribution in [2.75, 3.05) is 23.1 Å². The molecule has 2 aliphatic heterocycles. The van der Waals surface area contributed by atoms with Gasteiger partial charge in [0.05, 0.1) is 5.75 Å². The first kappa shape index (κ1) is 23.1. The van der Waals surface area contributed by atoms with Crippen LogP contribution in [0.2, 0.25) is 0 Å². The number of halogens is 1. The summed E-state index contributed by atoms with van der Waals surface area (Å²) < 4.78 is 42.5. The molecule has 1 fully saturated rings. The number of amides is 2. The normalized spacial score (nSPS) is 19.1. The summed E-state index contributed by atoms with van der Waals surface area (Å²) in [4.78, 5) is 27.7. The fraction of sp³-hybridized carbons (Fsp3) is 0.280. The minimum atomic E-state index is -3.76. The molecule has 2 amide bonds. The zero-order chi connectivity index (χ0) is 24.6. The molecule has 0 unspecified atom stereocenters. The second kappa shape index (κ2) is 9.18. The lowest BCUT2D eigenvalue weighted by molar-refractivity contribution is 0.139. The average molecular weight is 497 g/mol. The molecule has 8 nitrogen and oxygen atoms in total. The van der Waals surface area contributed by atoms with E-state index in [1.54, 1.807) is 39.8 Å². The molecule has 2 atom stereocenters. The number of likely N-dealkylation sites (tertiary alicyclic amines) is 1. The highest BCUT2D eigenvalue weighted by molar-refractivity contribution is 7.91. The van der Waals surface area contributed by atoms with Gasteiger partial charge in [0.25, 0.3) is 5.56 Å². The van der Waals surface area contributed by atoms with E-state index >= 15 is 0 Å². The van der Waals surface area contributed by atoms with E-state index in [2.05, 4.69) is 10.0 Å². The van der Waals surface area contributed by atoms with Crippen molar-refractivity contribution < 1.29 is 17.6 Å². The predicted molar refractivity (Wildman–Crippen MR) is 131 cm³/mol. The molecule has 2 aromatic carbocycles. The minimum absolute atomic E-state index is 0.0237. The third kappa shape index (κ3) is 5.07. The zero-order valence-corrected chi connectivity index (χ0v) is 19.7. The van der Waals surface area contributed by atoms with E-state index in [-0.39, 0.29) is 40.7 Å². The van der Waals surface area contributed by atoms with Crippen molar-refractivity contribution in [3.05, 3.63) is 94.2 Å². The Bertz CT molecular complexity index is 1410. The Morgan fingerprint density at radius 1 is 0.971 bits per heavy atom. The Hall–Kier alpha value is -3.66. The van der Waals surface area contributed by atoms with Crippen molar-refractivity contribution in [1.82, 2.24) is 9.47 Å². The lowest BCUT2D eigenvalue weighted by Crippen LogP contribution is -2.50. The number of pyridine rings is 1. The highest BCUT2D eigenvalue weighted by atomic mass is 32.2. The maximum Gasteiger partial charge on any atom is 0.321 e. The molecular formula is C25H25FN4O4S. The van der Waals surface area contributed by atoms with Gasteiger partial charge >= 0.3 is 6.03 Å². The summed E-state index contributed by atoms with van der Waals surface area (Å²) in [5.41, 5.74) is 1.58. The van der Waals surface area contributed by atoms with E-state index < -0.39 is 10.0 Å². The van der Waals surface area contributed by atoms with Crippen molar-refractivity contribution >= 4 is 27.4 Å². The monoisotopic (exact) mass is 496 g/mol. The first-order chi connectivity index (χ1) is 16.8. The molecule has 3 heterocycles. The molecule has 10 heteroatoms. The van der Waals surface area contributed by atoms with E-state index in [1.807, 2.05) is 6.07 Å². The number of benzene rings is 2. The van der Waals surface area contributed by atoms with Gasteiger partial charge in [0, 0.05) is 36.9 Å². The summed E-state index contributed by atoms with van der Waals surface area (Å²) in [5.74, 6) is -0.573. The van der Waals surface area contributed by atoms with Crippen molar-refractivity contribution in [2.45, 2.75) is 24.6 Å². The van der Waals surface area contributed by atoms with E-state index in [0.717, 1.165) is 12.1 Å². The van der Waals surface area contributed by atoms with Gasteiger partial charge < -0.3 is 14.8 Å². The molecule has 5 rings (SSSR count). The van der Waals surface area contributed by atoms with E-state index in [0.29, 0.717) is 30.9 Å². The third-order valence-electron chi connectivity index (χ3n) is 6.45. The number of sulfonamides is 1. The molecule has 35 heavy (non-hydrogen) atoms. The number of carbonyl (C=O) groups is 1. The van der Waals surface area contributed by atoms with Gasteiger partial charge in [0.15, 0.2) is 0 Å². The first-order valence-electron chi connectivity index (χ1n) is 11.4. The van der Waals surface area contributed by atoms with Crippen molar-refractivity contribution in [2.24, 2.45) is 5.92 Å². The molecular weight excluding hydrogens is 471 g/mol. The summed E-state index contributed by atoms with van der Waals surface area (Å²) in [6, 6.07) is 17.4. The van der Waals surface area contributed by atoms with E-state index in [9.17, 15) is 22.4 Å². The summed E-state index contributed by atoms with van der Waals surface area (Å²) in [6.45, 7) is 1.31. The molecule has 182 valence electrons. The lowest BCUT2D eigenvalue weighted by Gasteiger charge is -2.42. The number of hydrogen-bond acceptors (Lipinski definition) is 4. The molecule has 2 N–H and O–H groups in total. The maximum atomic E-state index is 13.2. The number of nitrogens with zero attached hydrogens (tertiary/aromatic N) is 2. The molecule has 0 saturated carbocycles. The summed E-state index contributed by atoms with van der Waals surface area (Å²) >= 11 is 0. The Balaban J connectivity index is 1.31. The third-order valence-corrected chi connectivity index (χ3v) is 7.70. The Morgan fingerprint density at radius 2 is 1.71 bits per heavy atom. The molecule has 0 spiro atoms. The molecule has 1 saturated heterocycles. The fourth-order valence-electron chi connectivity index (χ4n) is 4.92. The Morgan fingerprint density at radius 3 is 2.46 bits per heavy atom. The fourth-order valence-corrected chi connectivity index (χ4v) is 6.12. The van der Waals surface area contributed by atoms with Crippen LogP contribution in [0.15, 0.2) is 71.5 Å². The van der Waals surface area contributed by atoms with Crippen LogP contribution in [-0.4, -0.2) is 37.0 Å². The number of fused-ring (bicyclic) bond motifs is 4. The molecule has 2 aliphatic rings. The van der Waals surface area contributed by atoms with Gasteiger partial charge in [0.1, 0.15) is 11.5 Å². The average Bonchev–Trinajstić information content (AvgIpc) is 2.83. The highest BCUT2D eigenvalue weighted by Gasteiger charge is 2.37. The maximum absolute atomic E-state index is 13.2. The van der Waals surface area contributed by atoms with Crippen LogP contribution in [0, 0.1) is 11.7 Å².